The van der Waals surface area contributed by atoms with E-state index in [4.69, 9.17) is 4.74 Å². The molecular weight excluding hydrogens is 214 g/mol. The maximum Gasteiger partial charge on any atom is 0.105 e. The van der Waals surface area contributed by atoms with Gasteiger partial charge in [0.15, 0.2) is 0 Å². The van der Waals surface area contributed by atoms with Crippen LogP contribution >= 0.6 is 0 Å². The minimum atomic E-state index is 0.0286. The molecule has 0 spiro atoms. The average Bonchev–Trinajstić information content (AvgIpc) is 2.63. The molecule has 0 saturated carbocycles. The van der Waals surface area contributed by atoms with Crippen LogP contribution < -0.4 is 5.32 Å². The monoisotopic (exact) mass is 237 g/mol. The molecule has 0 amide bonds. The van der Waals surface area contributed by atoms with Crippen molar-refractivity contribution in [1.29, 1.82) is 0 Å². The number of nitrogens with zero attached hydrogens (tertiary/aromatic N) is 2. The van der Waals surface area contributed by atoms with Gasteiger partial charge in [-0.2, -0.15) is 0 Å². The standard InChI is InChI=1S/C13H23N3O/c1-11-14-5-7-16(11)8-6-15-12-4-9-17-13(2,3)10-12/h5,7,12,15H,4,6,8-10H2,1-3H3. The Morgan fingerprint density at radius 2 is 2.41 bits per heavy atom. The third kappa shape index (κ3) is 3.54. The predicted octanol–water partition coefficient (Wildman–Crippen LogP) is 1.74. The highest BCUT2D eigenvalue weighted by molar-refractivity contribution is 4.89. The number of ether oxygens (including phenoxy) is 1. The van der Waals surface area contributed by atoms with Crippen LogP contribution in [0.15, 0.2) is 12.4 Å². The van der Waals surface area contributed by atoms with Gasteiger partial charge in [-0.25, -0.2) is 4.98 Å². The molecule has 4 heteroatoms. The molecule has 2 heterocycles. The van der Waals surface area contributed by atoms with E-state index in [1.165, 1.54) is 0 Å². The number of imidazole rings is 1. The molecule has 1 aliphatic heterocycles. The lowest BCUT2D eigenvalue weighted by molar-refractivity contribution is -0.0628. The molecule has 2 rings (SSSR count). The molecule has 96 valence electrons. The molecule has 0 bridgehead atoms. The summed E-state index contributed by atoms with van der Waals surface area (Å²) in [6, 6.07) is 0.586. The first-order valence-corrected chi connectivity index (χ1v) is 6.42. The van der Waals surface area contributed by atoms with Crippen molar-refractivity contribution in [3.05, 3.63) is 18.2 Å². The highest BCUT2D eigenvalue weighted by Gasteiger charge is 2.28. The lowest BCUT2D eigenvalue weighted by Crippen LogP contribution is -2.44. The van der Waals surface area contributed by atoms with E-state index in [1.54, 1.807) is 0 Å². The third-order valence-corrected chi connectivity index (χ3v) is 3.41. The van der Waals surface area contributed by atoms with Crippen LogP contribution in [0.25, 0.3) is 0 Å². The van der Waals surface area contributed by atoms with Crippen molar-refractivity contribution < 1.29 is 4.74 Å². The molecule has 1 fully saturated rings. The van der Waals surface area contributed by atoms with Crippen molar-refractivity contribution in [1.82, 2.24) is 14.9 Å². The number of hydrogen-bond donors (Lipinski definition) is 1. The van der Waals surface area contributed by atoms with Crippen LogP contribution in [-0.2, 0) is 11.3 Å². The molecule has 1 aromatic heterocycles. The van der Waals surface area contributed by atoms with Gasteiger partial charge in [0.05, 0.1) is 5.60 Å². The van der Waals surface area contributed by atoms with E-state index in [9.17, 15) is 0 Å². The van der Waals surface area contributed by atoms with Gasteiger partial charge in [0.25, 0.3) is 0 Å². The number of hydrogen-bond acceptors (Lipinski definition) is 3. The van der Waals surface area contributed by atoms with Gasteiger partial charge in [-0.15, -0.1) is 0 Å². The molecule has 4 nitrogen and oxygen atoms in total. The number of rotatable bonds is 4. The summed E-state index contributed by atoms with van der Waals surface area (Å²) in [5.74, 6) is 1.08. The van der Waals surface area contributed by atoms with E-state index >= 15 is 0 Å². The highest BCUT2D eigenvalue weighted by Crippen LogP contribution is 2.23. The number of aryl methyl sites for hydroxylation is 1. The van der Waals surface area contributed by atoms with Gasteiger partial charge in [0.2, 0.25) is 0 Å². The first kappa shape index (κ1) is 12.6. The molecule has 0 aliphatic carbocycles. The summed E-state index contributed by atoms with van der Waals surface area (Å²) in [4.78, 5) is 4.22. The second-order valence-electron chi connectivity index (χ2n) is 5.42. The Balaban J connectivity index is 1.74. The fraction of sp³-hybridized carbons (Fsp3) is 0.769. The quantitative estimate of drug-likeness (QED) is 0.867. The maximum absolute atomic E-state index is 5.71. The van der Waals surface area contributed by atoms with Gasteiger partial charge in [-0.1, -0.05) is 0 Å². The lowest BCUT2D eigenvalue weighted by Gasteiger charge is -2.36. The van der Waals surface area contributed by atoms with E-state index in [0.29, 0.717) is 6.04 Å². The fourth-order valence-corrected chi connectivity index (χ4v) is 2.44. The first-order chi connectivity index (χ1) is 8.07. The van der Waals surface area contributed by atoms with Gasteiger partial charge >= 0.3 is 0 Å². The molecule has 1 atom stereocenters. The van der Waals surface area contributed by atoms with E-state index in [0.717, 1.165) is 38.4 Å². The summed E-state index contributed by atoms with van der Waals surface area (Å²) in [5, 5.41) is 3.61. The Morgan fingerprint density at radius 3 is 3.06 bits per heavy atom. The zero-order valence-corrected chi connectivity index (χ0v) is 11.1. The van der Waals surface area contributed by atoms with Gasteiger partial charge in [0.1, 0.15) is 5.82 Å². The lowest BCUT2D eigenvalue weighted by atomic mass is 9.94. The Morgan fingerprint density at radius 1 is 1.59 bits per heavy atom. The Hall–Kier alpha value is -0.870. The van der Waals surface area contributed by atoms with Gasteiger partial charge < -0.3 is 14.6 Å². The van der Waals surface area contributed by atoms with Gasteiger partial charge in [-0.3, -0.25) is 0 Å². The van der Waals surface area contributed by atoms with Crippen molar-refractivity contribution in [3.63, 3.8) is 0 Å². The minimum Gasteiger partial charge on any atom is -0.375 e. The summed E-state index contributed by atoms with van der Waals surface area (Å²) in [6.07, 6.45) is 6.10. The number of nitrogens with one attached hydrogen (secondary N) is 1. The van der Waals surface area contributed by atoms with Crippen LogP contribution in [-0.4, -0.2) is 34.3 Å². The zero-order valence-electron chi connectivity index (χ0n) is 11.1. The summed E-state index contributed by atoms with van der Waals surface area (Å²) < 4.78 is 7.89. The Kier molecular flexibility index (Phi) is 3.84. The molecule has 17 heavy (non-hydrogen) atoms. The average molecular weight is 237 g/mol. The van der Waals surface area contributed by atoms with E-state index in [1.807, 2.05) is 19.3 Å². The molecule has 1 unspecified atom stereocenters. The van der Waals surface area contributed by atoms with Crippen molar-refractivity contribution in [3.8, 4) is 0 Å². The van der Waals surface area contributed by atoms with E-state index in [2.05, 4.69) is 28.7 Å². The van der Waals surface area contributed by atoms with Crippen LogP contribution in [0.2, 0.25) is 0 Å². The molecule has 1 N–H and O–H groups in total. The second kappa shape index (κ2) is 5.19. The molecule has 1 aliphatic rings. The van der Waals surface area contributed by atoms with Crippen LogP contribution in [0.3, 0.4) is 0 Å². The molecule has 0 aromatic carbocycles. The molecule has 1 saturated heterocycles. The predicted molar refractivity (Wildman–Crippen MR) is 68.0 cm³/mol. The number of aromatic nitrogens is 2. The summed E-state index contributed by atoms with van der Waals surface area (Å²) in [7, 11) is 0. The molecular formula is C13H23N3O. The molecule has 1 aromatic rings. The largest absolute Gasteiger partial charge is 0.375 e. The Bertz CT molecular complexity index is 359. The van der Waals surface area contributed by atoms with Crippen LogP contribution in [0, 0.1) is 6.92 Å². The summed E-state index contributed by atoms with van der Waals surface area (Å²) in [5.41, 5.74) is 0.0286. The van der Waals surface area contributed by atoms with Crippen molar-refractivity contribution in [2.24, 2.45) is 0 Å². The van der Waals surface area contributed by atoms with Crippen molar-refractivity contribution in [2.75, 3.05) is 13.2 Å². The SMILES string of the molecule is Cc1nccn1CCNC1CCOC(C)(C)C1. The Labute approximate surface area is 103 Å². The van der Waals surface area contributed by atoms with Crippen molar-refractivity contribution in [2.45, 2.75) is 51.8 Å². The van der Waals surface area contributed by atoms with Crippen LogP contribution in [0.1, 0.15) is 32.5 Å². The summed E-state index contributed by atoms with van der Waals surface area (Å²) in [6.45, 7) is 9.23. The maximum atomic E-state index is 5.71. The summed E-state index contributed by atoms with van der Waals surface area (Å²) >= 11 is 0. The first-order valence-electron chi connectivity index (χ1n) is 6.42. The van der Waals surface area contributed by atoms with Crippen LogP contribution in [0.4, 0.5) is 0 Å². The van der Waals surface area contributed by atoms with Gasteiger partial charge in [-0.05, 0) is 33.6 Å². The second-order valence-corrected chi connectivity index (χ2v) is 5.42. The zero-order chi connectivity index (χ0) is 12.3. The van der Waals surface area contributed by atoms with E-state index < -0.39 is 0 Å². The van der Waals surface area contributed by atoms with Crippen LogP contribution in [0.5, 0.6) is 0 Å². The third-order valence-electron chi connectivity index (χ3n) is 3.41. The van der Waals surface area contributed by atoms with E-state index in [-0.39, 0.29) is 5.60 Å². The normalized spacial score (nSPS) is 23.8. The molecule has 0 radical (unpaired) electrons. The fourth-order valence-electron chi connectivity index (χ4n) is 2.44. The van der Waals surface area contributed by atoms with Gasteiger partial charge in [0, 0.05) is 38.1 Å². The minimum absolute atomic E-state index is 0.0286. The van der Waals surface area contributed by atoms with Crippen molar-refractivity contribution >= 4 is 0 Å². The smallest absolute Gasteiger partial charge is 0.105 e. The highest BCUT2D eigenvalue weighted by atomic mass is 16.5. The topological polar surface area (TPSA) is 39.1 Å².